The fourth-order valence-electron chi connectivity index (χ4n) is 2.56. The van der Waals surface area contributed by atoms with Crippen LogP contribution < -0.4 is 5.32 Å². The molecule has 0 bridgehead atoms. The third-order valence-electron chi connectivity index (χ3n) is 3.65. The second kappa shape index (κ2) is 5.71. The van der Waals surface area contributed by atoms with E-state index in [0.29, 0.717) is 22.6 Å². The van der Waals surface area contributed by atoms with Gasteiger partial charge < -0.3 is 9.73 Å². The summed E-state index contributed by atoms with van der Waals surface area (Å²) in [5.74, 6) is 0.914. The lowest BCUT2D eigenvalue weighted by Gasteiger charge is -2.09. The van der Waals surface area contributed by atoms with E-state index in [0.717, 1.165) is 18.4 Å². The van der Waals surface area contributed by atoms with E-state index < -0.39 is 0 Å². The molecule has 0 unspecified atom stereocenters. The average molecular weight is 290 g/mol. The SMILES string of the molecule is O=C(NC1CCCC1)c1ccc(-c2ccc(Cl)cc2)o1. The number of rotatable bonds is 3. The average Bonchev–Trinajstić information content (AvgIpc) is 3.10. The van der Waals surface area contributed by atoms with Crippen LogP contribution in [-0.4, -0.2) is 11.9 Å². The number of nitrogens with one attached hydrogen (secondary N) is 1. The summed E-state index contributed by atoms with van der Waals surface area (Å²) < 4.78 is 5.63. The number of furan rings is 1. The van der Waals surface area contributed by atoms with E-state index in [2.05, 4.69) is 5.32 Å². The molecule has 0 aliphatic heterocycles. The van der Waals surface area contributed by atoms with Crippen LogP contribution in [0.5, 0.6) is 0 Å². The molecule has 20 heavy (non-hydrogen) atoms. The quantitative estimate of drug-likeness (QED) is 0.917. The van der Waals surface area contributed by atoms with Gasteiger partial charge in [0, 0.05) is 16.6 Å². The van der Waals surface area contributed by atoms with E-state index in [-0.39, 0.29) is 5.91 Å². The minimum atomic E-state index is -0.128. The third-order valence-corrected chi connectivity index (χ3v) is 3.90. The normalized spacial score (nSPS) is 15.4. The minimum absolute atomic E-state index is 0.128. The van der Waals surface area contributed by atoms with Crippen LogP contribution in [0.15, 0.2) is 40.8 Å². The maximum Gasteiger partial charge on any atom is 0.287 e. The number of carbonyl (C=O) groups is 1. The van der Waals surface area contributed by atoms with E-state index in [1.54, 1.807) is 18.2 Å². The summed E-state index contributed by atoms with van der Waals surface area (Å²) >= 11 is 5.86. The Morgan fingerprint density at radius 2 is 1.80 bits per heavy atom. The van der Waals surface area contributed by atoms with Crippen molar-refractivity contribution in [1.82, 2.24) is 5.32 Å². The molecule has 1 heterocycles. The molecule has 1 aromatic carbocycles. The van der Waals surface area contributed by atoms with Crippen LogP contribution in [0, 0.1) is 0 Å². The molecule has 2 aromatic rings. The number of hydrogen-bond donors (Lipinski definition) is 1. The zero-order valence-corrected chi connectivity index (χ0v) is 11.8. The second-order valence-electron chi connectivity index (χ2n) is 5.13. The highest BCUT2D eigenvalue weighted by molar-refractivity contribution is 6.30. The lowest BCUT2D eigenvalue weighted by Crippen LogP contribution is -2.32. The maximum absolute atomic E-state index is 12.1. The first-order chi connectivity index (χ1) is 9.72. The first kappa shape index (κ1) is 13.3. The lowest BCUT2D eigenvalue weighted by atomic mass is 10.2. The van der Waals surface area contributed by atoms with Crippen molar-refractivity contribution in [2.45, 2.75) is 31.7 Å². The molecule has 1 N–H and O–H groups in total. The molecule has 1 amide bonds. The van der Waals surface area contributed by atoms with Crippen LogP contribution in [0.2, 0.25) is 5.02 Å². The van der Waals surface area contributed by atoms with Crippen LogP contribution in [0.1, 0.15) is 36.2 Å². The van der Waals surface area contributed by atoms with Gasteiger partial charge in [-0.25, -0.2) is 0 Å². The predicted molar refractivity (Wildman–Crippen MR) is 78.9 cm³/mol. The zero-order chi connectivity index (χ0) is 13.9. The predicted octanol–water partition coefficient (Wildman–Crippen LogP) is 4.27. The van der Waals surface area contributed by atoms with Crippen molar-refractivity contribution in [3.63, 3.8) is 0 Å². The van der Waals surface area contributed by atoms with E-state index in [1.165, 1.54) is 12.8 Å². The first-order valence-corrected chi connectivity index (χ1v) is 7.27. The molecule has 0 radical (unpaired) electrons. The fourth-order valence-corrected chi connectivity index (χ4v) is 2.68. The van der Waals surface area contributed by atoms with Crippen molar-refractivity contribution >= 4 is 17.5 Å². The summed E-state index contributed by atoms with van der Waals surface area (Å²) in [5.41, 5.74) is 0.911. The molecule has 1 saturated carbocycles. The number of benzene rings is 1. The Hall–Kier alpha value is -1.74. The van der Waals surface area contributed by atoms with Crippen molar-refractivity contribution in [1.29, 1.82) is 0 Å². The van der Waals surface area contributed by atoms with Gasteiger partial charge in [-0.05, 0) is 49.2 Å². The molecular weight excluding hydrogens is 274 g/mol. The van der Waals surface area contributed by atoms with Crippen LogP contribution in [0.25, 0.3) is 11.3 Å². The molecule has 3 nitrogen and oxygen atoms in total. The van der Waals surface area contributed by atoms with Gasteiger partial charge in [-0.15, -0.1) is 0 Å². The van der Waals surface area contributed by atoms with E-state index in [9.17, 15) is 4.79 Å². The van der Waals surface area contributed by atoms with Gasteiger partial charge in [-0.3, -0.25) is 4.79 Å². The largest absolute Gasteiger partial charge is 0.451 e. The van der Waals surface area contributed by atoms with Gasteiger partial charge in [0.05, 0.1) is 0 Å². The molecule has 1 aliphatic carbocycles. The van der Waals surface area contributed by atoms with Crippen molar-refractivity contribution < 1.29 is 9.21 Å². The van der Waals surface area contributed by atoms with Gasteiger partial charge in [-0.1, -0.05) is 24.4 Å². The molecule has 104 valence electrons. The van der Waals surface area contributed by atoms with Crippen LogP contribution in [0.4, 0.5) is 0 Å². The standard InChI is InChI=1S/C16H16ClNO2/c17-12-7-5-11(6-8-12)14-9-10-15(20-14)16(19)18-13-3-1-2-4-13/h5-10,13H,1-4H2,(H,18,19). The van der Waals surface area contributed by atoms with Gasteiger partial charge in [0.25, 0.3) is 5.91 Å². The number of carbonyl (C=O) groups excluding carboxylic acids is 1. The number of hydrogen-bond acceptors (Lipinski definition) is 2. The summed E-state index contributed by atoms with van der Waals surface area (Å²) in [6, 6.07) is 11.2. The molecule has 1 aliphatic rings. The van der Waals surface area contributed by atoms with Crippen molar-refractivity contribution in [3.05, 3.63) is 47.2 Å². The summed E-state index contributed by atoms with van der Waals surface area (Å²) in [5, 5.41) is 3.70. The van der Waals surface area contributed by atoms with Gasteiger partial charge in [0.15, 0.2) is 5.76 Å². The van der Waals surface area contributed by atoms with Crippen LogP contribution in [-0.2, 0) is 0 Å². The van der Waals surface area contributed by atoms with E-state index >= 15 is 0 Å². The third kappa shape index (κ3) is 2.88. The maximum atomic E-state index is 12.1. The summed E-state index contributed by atoms with van der Waals surface area (Å²) in [6.45, 7) is 0. The Morgan fingerprint density at radius 1 is 1.10 bits per heavy atom. The van der Waals surface area contributed by atoms with Crippen molar-refractivity contribution in [2.24, 2.45) is 0 Å². The molecule has 0 spiro atoms. The Bertz CT molecular complexity index is 597. The summed E-state index contributed by atoms with van der Waals surface area (Å²) in [7, 11) is 0. The number of halogens is 1. The molecule has 4 heteroatoms. The van der Waals surface area contributed by atoms with Gasteiger partial charge in [0.1, 0.15) is 5.76 Å². The lowest BCUT2D eigenvalue weighted by molar-refractivity contribution is 0.0910. The Kier molecular flexibility index (Phi) is 3.79. The smallest absolute Gasteiger partial charge is 0.287 e. The van der Waals surface area contributed by atoms with E-state index in [1.807, 2.05) is 18.2 Å². The molecule has 0 atom stereocenters. The molecule has 3 rings (SSSR count). The fraction of sp³-hybridized carbons (Fsp3) is 0.312. The van der Waals surface area contributed by atoms with Crippen molar-refractivity contribution in [3.8, 4) is 11.3 Å². The Balaban J connectivity index is 1.72. The highest BCUT2D eigenvalue weighted by Crippen LogP contribution is 2.24. The molecular formula is C16H16ClNO2. The molecule has 1 aromatic heterocycles. The van der Waals surface area contributed by atoms with Crippen LogP contribution >= 0.6 is 11.6 Å². The number of amides is 1. The topological polar surface area (TPSA) is 42.2 Å². The minimum Gasteiger partial charge on any atom is -0.451 e. The summed E-state index contributed by atoms with van der Waals surface area (Å²) in [4.78, 5) is 12.1. The van der Waals surface area contributed by atoms with Gasteiger partial charge in [0.2, 0.25) is 0 Å². The monoisotopic (exact) mass is 289 g/mol. The first-order valence-electron chi connectivity index (χ1n) is 6.89. The zero-order valence-electron chi connectivity index (χ0n) is 11.1. The van der Waals surface area contributed by atoms with Crippen molar-refractivity contribution in [2.75, 3.05) is 0 Å². The van der Waals surface area contributed by atoms with Gasteiger partial charge in [-0.2, -0.15) is 0 Å². The van der Waals surface area contributed by atoms with E-state index in [4.69, 9.17) is 16.0 Å². The molecule has 1 fully saturated rings. The Morgan fingerprint density at radius 3 is 2.50 bits per heavy atom. The second-order valence-corrected chi connectivity index (χ2v) is 5.56. The summed E-state index contributed by atoms with van der Waals surface area (Å²) in [6.07, 6.45) is 4.52. The highest BCUT2D eigenvalue weighted by Gasteiger charge is 2.20. The highest BCUT2D eigenvalue weighted by atomic mass is 35.5. The molecule has 0 saturated heterocycles. The van der Waals surface area contributed by atoms with Crippen LogP contribution in [0.3, 0.4) is 0 Å². The Labute approximate surface area is 122 Å². The van der Waals surface area contributed by atoms with Gasteiger partial charge >= 0.3 is 0 Å².